The quantitative estimate of drug-likeness (QED) is 0.357. The van der Waals surface area contributed by atoms with E-state index in [4.69, 9.17) is 11.5 Å². The second kappa shape index (κ2) is 11.1. The molecule has 2 saturated heterocycles. The van der Waals surface area contributed by atoms with Crippen molar-refractivity contribution in [2.45, 2.75) is 26.5 Å². The zero-order valence-corrected chi connectivity index (χ0v) is 24.2. The van der Waals surface area contributed by atoms with Gasteiger partial charge in [0.15, 0.2) is 10.8 Å². The highest BCUT2D eigenvalue weighted by Crippen LogP contribution is 2.38. The normalized spacial score (nSPS) is 16.5. The highest BCUT2D eigenvalue weighted by Gasteiger charge is 2.30. The maximum Gasteiger partial charge on any atom is 0.236 e. The Bertz CT molecular complexity index is 1670. The zero-order chi connectivity index (χ0) is 29.5. The summed E-state index contributed by atoms with van der Waals surface area (Å²) in [4.78, 5) is 30.3. The number of carbonyl (C=O) groups excluding carboxylic acids is 1. The number of carbonyl (C=O) groups is 1. The van der Waals surface area contributed by atoms with Gasteiger partial charge in [0, 0.05) is 58.4 Å². The molecule has 3 aromatic heterocycles. The van der Waals surface area contributed by atoms with E-state index in [1.807, 2.05) is 60.8 Å². The summed E-state index contributed by atoms with van der Waals surface area (Å²) < 4.78 is 10.5. The van der Waals surface area contributed by atoms with Crippen LogP contribution in [0.1, 0.15) is 18.7 Å². The van der Waals surface area contributed by atoms with Crippen LogP contribution in [0, 0.1) is 18.3 Å². The van der Waals surface area contributed by atoms with Crippen molar-refractivity contribution in [1.29, 1.82) is 5.26 Å². The molecule has 41 heavy (non-hydrogen) atoms. The predicted molar refractivity (Wildman–Crippen MR) is 160 cm³/mol. The third-order valence-electron chi connectivity index (χ3n) is 7.73. The van der Waals surface area contributed by atoms with Gasteiger partial charge in [0.1, 0.15) is 22.5 Å². The van der Waals surface area contributed by atoms with Crippen LogP contribution in [-0.4, -0.2) is 99.5 Å². The van der Waals surface area contributed by atoms with Gasteiger partial charge in [-0.1, -0.05) is 41.2 Å². The number of benzene rings is 1. The fraction of sp³-hybridized carbons (Fsp3) is 0.414. The number of aromatic nitrogens is 4. The average molecular weight is 573 g/mol. The molecule has 0 atom stereocenters. The first kappa shape index (κ1) is 25.9. The minimum atomic E-state index is -0.399. The Morgan fingerprint density at radius 2 is 1.98 bits per heavy atom. The second-order valence-corrected chi connectivity index (χ2v) is 11.5. The smallest absolute Gasteiger partial charge is 0.236 e. The molecule has 5 heterocycles. The van der Waals surface area contributed by atoms with Crippen molar-refractivity contribution in [1.82, 2.24) is 29.5 Å². The molecule has 0 saturated carbocycles. The van der Waals surface area contributed by atoms with Crippen molar-refractivity contribution in [3.05, 3.63) is 46.9 Å². The summed E-state index contributed by atoms with van der Waals surface area (Å²) in [5.41, 5.74) is 3.91. The Morgan fingerprint density at radius 1 is 1.24 bits per heavy atom. The molecule has 0 aliphatic carbocycles. The van der Waals surface area contributed by atoms with Crippen LogP contribution in [0.15, 0.2) is 36.5 Å². The van der Waals surface area contributed by atoms with Crippen LogP contribution >= 0.6 is 11.3 Å². The van der Waals surface area contributed by atoms with E-state index in [0.717, 1.165) is 28.0 Å². The molecule has 0 bridgehead atoms. The lowest BCUT2D eigenvalue weighted by Gasteiger charge is -2.39. The summed E-state index contributed by atoms with van der Waals surface area (Å²) in [6.07, 6.45) is -0.233. The molecule has 0 radical (unpaired) electrons. The molecule has 1 amide bonds. The van der Waals surface area contributed by atoms with Crippen molar-refractivity contribution in [2.75, 3.05) is 62.7 Å². The van der Waals surface area contributed by atoms with Crippen molar-refractivity contribution < 1.29 is 11.3 Å². The largest absolute Gasteiger partial charge is 0.389 e. The topological polar surface area (TPSA) is 118 Å². The minimum absolute atomic E-state index is 0.0463. The summed E-state index contributed by atoms with van der Waals surface area (Å²) >= 11 is 1.34. The maximum absolute atomic E-state index is 12.5. The van der Waals surface area contributed by atoms with Crippen LogP contribution in [0.3, 0.4) is 0 Å². The highest BCUT2D eigenvalue weighted by atomic mass is 32.1. The highest BCUT2D eigenvalue weighted by molar-refractivity contribution is 7.16. The molecule has 2 aliphatic heterocycles. The standard InChI is InChI=1S/C29H33N9O2S/c1-4-38-28(34(3)29-32-26(24(14-30)41-29)20-7-5-19(2)6-8-20)23-13-21(15-31-27(23)33-38)36-11-9-35(10-12-36)18-25(40)37-16-22(39)17-37/h5-8,13,15,22,39H,4,9-12,16-18H2,1-3H3/i15D. The predicted octanol–water partition coefficient (Wildman–Crippen LogP) is 2.85. The van der Waals surface area contributed by atoms with E-state index in [9.17, 15) is 15.2 Å². The lowest BCUT2D eigenvalue weighted by molar-refractivity contribution is -0.142. The molecule has 212 valence electrons. The number of likely N-dealkylation sites (tertiary alicyclic amines) is 1. The molecule has 2 fully saturated rings. The molecule has 6 rings (SSSR count). The van der Waals surface area contributed by atoms with Crippen LogP contribution in [0.4, 0.5) is 16.6 Å². The van der Waals surface area contributed by atoms with Gasteiger partial charge in [0.25, 0.3) is 0 Å². The molecule has 0 spiro atoms. The summed E-state index contributed by atoms with van der Waals surface area (Å²) in [5.74, 6) is 0.848. The minimum Gasteiger partial charge on any atom is -0.389 e. The van der Waals surface area contributed by atoms with Gasteiger partial charge >= 0.3 is 0 Å². The summed E-state index contributed by atoms with van der Waals surface area (Å²) in [6.45, 7) is 8.53. The molecular weight excluding hydrogens is 538 g/mol. The molecule has 0 unspecified atom stereocenters. The number of rotatable bonds is 7. The zero-order valence-electron chi connectivity index (χ0n) is 24.4. The van der Waals surface area contributed by atoms with Gasteiger partial charge in [0.05, 0.1) is 31.3 Å². The molecule has 2 aliphatic rings. The Labute approximate surface area is 244 Å². The number of amides is 1. The van der Waals surface area contributed by atoms with E-state index in [1.165, 1.54) is 11.3 Å². The summed E-state index contributed by atoms with van der Waals surface area (Å²) in [6, 6.07) is 12.3. The van der Waals surface area contributed by atoms with Crippen molar-refractivity contribution in [2.24, 2.45) is 0 Å². The lowest BCUT2D eigenvalue weighted by Crippen LogP contribution is -2.57. The van der Waals surface area contributed by atoms with E-state index in [1.54, 1.807) is 4.90 Å². The van der Waals surface area contributed by atoms with E-state index >= 15 is 0 Å². The molecule has 1 N–H and O–H groups in total. The molecular formula is C29H33N9O2S. The number of anilines is 3. The number of piperazine rings is 1. The van der Waals surface area contributed by atoms with Crippen molar-refractivity contribution in [3.8, 4) is 17.3 Å². The van der Waals surface area contributed by atoms with Gasteiger partial charge in [-0.05, 0) is 19.9 Å². The number of nitriles is 1. The third-order valence-corrected chi connectivity index (χ3v) is 8.77. The van der Waals surface area contributed by atoms with Crippen molar-refractivity contribution in [3.63, 3.8) is 0 Å². The second-order valence-electron chi connectivity index (χ2n) is 10.6. The number of aliphatic hydroxyl groups is 1. The fourth-order valence-electron chi connectivity index (χ4n) is 5.30. The maximum atomic E-state index is 12.5. The Morgan fingerprint density at radius 3 is 2.63 bits per heavy atom. The first-order valence-electron chi connectivity index (χ1n) is 14.3. The van der Waals surface area contributed by atoms with Crippen LogP contribution in [0.5, 0.6) is 0 Å². The number of hydrogen-bond acceptors (Lipinski definition) is 10. The van der Waals surface area contributed by atoms with Crippen LogP contribution < -0.4 is 9.80 Å². The molecule has 11 nitrogen and oxygen atoms in total. The van der Waals surface area contributed by atoms with E-state index in [-0.39, 0.29) is 12.1 Å². The average Bonchev–Trinajstić information content (AvgIpc) is 3.57. The summed E-state index contributed by atoms with van der Waals surface area (Å²) in [5, 5.41) is 25.5. The summed E-state index contributed by atoms with van der Waals surface area (Å²) in [7, 11) is 1.92. The lowest BCUT2D eigenvalue weighted by atomic mass is 10.1. The third kappa shape index (κ3) is 5.24. The van der Waals surface area contributed by atoms with E-state index in [0.29, 0.717) is 73.7 Å². The van der Waals surface area contributed by atoms with E-state index < -0.39 is 6.10 Å². The number of nitrogens with zero attached hydrogens (tertiary/aromatic N) is 9. The fourth-order valence-corrected chi connectivity index (χ4v) is 6.15. The SMILES string of the molecule is [2H]c1nc2nn(CC)c(N(C)c3nc(-c4ccc(C)cc4)c(C#N)s3)c2cc1N1CCN(CC(=O)N2CC(O)C2)CC1. The number of thiazole rings is 1. The van der Waals surface area contributed by atoms with Crippen molar-refractivity contribution >= 4 is 44.9 Å². The van der Waals surface area contributed by atoms with Gasteiger partial charge in [-0.2, -0.15) is 10.4 Å². The Hall–Kier alpha value is -4.05. The number of aliphatic hydroxyl groups excluding tert-OH is 1. The van der Waals surface area contributed by atoms with Gasteiger partial charge in [-0.15, -0.1) is 0 Å². The number of hydrogen-bond donors (Lipinski definition) is 1. The Balaban J connectivity index is 1.26. The van der Waals surface area contributed by atoms with E-state index in [2.05, 4.69) is 20.9 Å². The van der Waals surface area contributed by atoms with Gasteiger partial charge in [-0.25, -0.2) is 14.6 Å². The number of β-amino-alcohol motifs (C(OH)–C–C–N with tert-alkyl or cyclic N) is 1. The monoisotopic (exact) mass is 572 g/mol. The number of aryl methyl sites for hydroxylation is 2. The van der Waals surface area contributed by atoms with Gasteiger partial charge < -0.3 is 19.8 Å². The van der Waals surface area contributed by atoms with Crippen LogP contribution in [-0.2, 0) is 11.3 Å². The van der Waals surface area contributed by atoms with Gasteiger partial charge in [0.2, 0.25) is 5.91 Å². The number of pyridine rings is 1. The van der Waals surface area contributed by atoms with Crippen LogP contribution in [0.25, 0.3) is 22.3 Å². The molecule has 4 aromatic rings. The molecule has 1 aromatic carbocycles. The van der Waals surface area contributed by atoms with Gasteiger partial charge in [-0.3, -0.25) is 9.69 Å². The first-order chi connectivity index (χ1) is 20.2. The molecule has 12 heteroatoms. The number of fused-ring (bicyclic) bond motifs is 1. The Kier molecular flexibility index (Phi) is 7.00. The first-order valence-corrected chi connectivity index (χ1v) is 14.6. The van der Waals surface area contributed by atoms with Crippen LogP contribution in [0.2, 0.25) is 0 Å².